The molecule has 0 saturated heterocycles. The maximum atomic E-state index is 13.2. The summed E-state index contributed by atoms with van der Waals surface area (Å²) in [6.07, 6.45) is 1.58. The summed E-state index contributed by atoms with van der Waals surface area (Å²) >= 11 is 6.40. The summed E-state index contributed by atoms with van der Waals surface area (Å²) in [4.78, 5) is 15.0. The van der Waals surface area contributed by atoms with E-state index in [9.17, 15) is 9.82 Å². The Kier molecular flexibility index (Phi) is 6.48. The SMILES string of the molecule is Cc1cc(C(C)Nc2ccc(Cl)cc2-c2ccc3c(c2)C=NOB3O)c2oc(N(C)C)c(C)c(=O)c2c1. The molecule has 0 amide bonds. The molecule has 9 heteroatoms. The topological polar surface area (TPSA) is 87.3 Å². The molecule has 0 aliphatic carbocycles. The number of hydrogen-bond donors (Lipinski definition) is 2. The standard InChI is InChI=1S/C28H27BClN3O4/c1-15-10-21(27-23(11-15)26(34)16(2)28(36-27)33(4)5)17(3)32-25-9-7-20(30)13-22(25)18-6-8-24-19(12-18)14-31-37-29(24)35/h6-14,17,32,35H,1-5H3. The summed E-state index contributed by atoms with van der Waals surface area (Å²) in [6.45, 7) is 5.80. The largest absolute Gasteiger partial charge is 0.583 e. The van der Waals surface area contributed by atoms with Gasteiger partial charge in [0.1, 0.15) is 5.58 Å². The quantitative estimate of drug-likeness (QED) is 0.363. The molecule has 37 heavy (non-hydrogen) atoms. The van der Waals surface area contributed by atoms with E-state index in [-0.39, 0.29) is 11.5 Å². The number of halogens is 1. The van der Waals surface area contributed by atoms with Crippen LogP contribution in [0, 0.1) is 13.8 Å². The molecule has 0 bridgehead atoms. The van der Waals surface area contributed by atoms with Crippen LogP contribution in [0.3, 0.4) is 0 Å². The molecule has 0 saturated carbocycles. The van der Waals surface area contributed by atoms with Crippen molar-refractivity contribution in [2.45, 2.75) is 26.8 Å². The van der Waals surface area contributed by atoms with E-state index in [2.05, 4.69) is 10.5 Å². The predicted molar refractivity (Wildman–Crippen MR) is 151 cm³/mol. The minimum atomic E-state index is -1.09. The zero-order valence-corrected chi connectivity index (χ0v) is 22.1. The summed E-state index contributed by atoms with van der Waals surface area (Å²) in [7, 11) is 2.63. The first kappa shape index (κ1) is 24.9. The Balaban J connectivity index is 1.60. The van der Waals surface area contributed by atoms with Gasteiger partial charge in [-0.1, -0.05) is 29.8 Å². The van der Waals surface area contributed by atoms with Gasteiger partial charge in [-0.25, -0.2) is 0 Å². The van der Waals surface area contributed by atoms with Crippen LogP contribution >= 0.6 is 11.6 Å². The van der Waals surface area contributed by atoms with Gasteiger partial charge in [0.05, 0.1) is 23.2 Å². The Morgan fingerprint density at radius 1 is 1.11 bits per heavy atom. The second-order valence-electron chi connectivity index (χ2n) is 9.58. The van der Waals surface area contributed by atoms with Crippen molar-refractivity contribution in [2.24, 2.45) is 5.16 Å². The third-order valence-electron chi connectivity index (χ3n) is 6.61. The van der Waals surface area contributed by atoms with E-state index in [1.54, 1.807) is 13.1 Å². The van der Waals surface area contributed by atoms with Crippen molar-refractivity contribution in [3.05, 3.63) is 86.0 Å². The Morgan fingerprint density at radius 3 is 2.65 bits per heavy atom. The fourth-order valence-corrected chi connectivity index (χ4v) is 4.95. The molecule has 5 rings (SSSR count). The van der Waals surface area contributed by atoms with E-state index in [4.69, 9.17) is 20.8 Å². The van der Waals surface area contributed by atoms with Crippen molar-refractivity contribution >= 4 is 52.9 Å². The van der Waals surface area contributed by atoms with Gasteiger partial charge < -0.3 is 24.4 Å². The van der Waals surface area contributed by atoms with Crippen LogP contribution in [0.1, 0.15) is 35.2 Å². The van der Waals surface area contributed by atoms with Crippen LogP contribution in [0.15, 0.2) is 62.9 Å². The molecule has 1 atom stereocenters. The van der Waals surface area contributed by atoms with Crippen LogP contribution < -0.4 is 21.1 Å². The van der Waals surface area contributed by atoms with Gasteiger partial charge in [-0.05, 0) is 67.8 Å². The van der Waals surface area contributed by atoms with Crippen LogP contribution in [0.25, 0.3) is 22.1 Å². The summed E-state index contributed by atoms with van der Waals surface area (Å²) in [6, 6.07) is 15.1. The summed E-state index contributed by atoms with van der Waals surface area (Å²) < 4.78 is 11.2. The third kappa shape index (κ3) is 4.58. The number of anilines is 2. The number of oxime groups is 1. The molecule has 2 N–H and O–H groups in total. The highest BCUT2D eigenvalue weighted by Crippen LogP contribution is 2.36. The fraction of sp³-hybridized carbons (Fsp3) is 0.214. The van der Waals surface area contributed by atoms with Crippen LogP contribution in [0.4, 0.5) is 11.6 Å². The highest BCUT2D eigenvalue weighted by atomic mass is 35.5. The molecule has 188 valence electrons. The lowest BCUT2D eigenvalue weighted by Gasteiger charge is -2.22. The molecule has 7 nitrogen and oxygen atoms in total. The van der Waals surface area contributed by atoms with E-state index in [1.165, 1.54) is 0 Å². The van der Waals surface area contributed by atoms with Crippen LogP contribution in [0.2, 0.25) is 5.02 Å². The van der Waals surface area contributed by atoms with E-state index in [1.807, 2.05) is 81.4 Å². The number of benzene rings is 3. The number of aryl methyl sites for hydroxylation is 1. The lowest BCUT2D eigenvalue weighted by atomic mass is 9.75. The average molecular weight is 516 g/mol. The minimum Gasteiger partial charge on any atom is -0.440 e. The molecule has 2 heterocycles. The van der Waals surface area contributed by atoms with Gasteiger partial charge in [0.15, 0.2) is 5.43 Å². The van der Waals surface area contributed by atoms with Crippen LogP contribution in [-0.4, -0.2) is 32.5 Å². The van der Waals surface area contributed by atoms with Gasteiger partial charge >= 0.3 is 7.12 Å². The molecule has 4 aromatic rings. The first-order valence-electron chi connectivity index (χ1n) is 12.0. The van der Waals surface area contributed by atoms with Gasteiger partial charge in [0.25, 0.3) is 0 Å². The summed E-state index contributed by atoms with van der Waals surface area (Å²) in [5, 5.41) is 18.6. The number of hydrogen-bond acceptors (Lipinski definition) is 7. The van der Waals surface area contributed by atoms with Crippen molar-refractivity contribution in [3.63, 3.8) is 0 Å². The number of nitrogens with zero attached hydrogens (tertiary/aromatic N) is 2. The Bertz CT molecular complexity index is 1620. The van der Waals surface area contributed by atoms with Gasteiger partial charge in [0.2, 0.25) is 5.88 Å². The lowest BCUT2D eigenvalue weighted by molar-refractivity contribution is 0.286. The first-order chi connectivity index (χ1) is 17.6. The van der Waals surface area contributed by atoms with E-state index >= 15 is 0 Å². The van der Waals surface area contributed by atoms with E-state index < -0.39 is 7.12 Å². The number of rotatable bonds is 5. The minimum absolute atomic E-state index is 0.0313. The van der Waals surface area contributed by atoms with Crippen molar-refractivity contribution in [1.82, 2.24) is 0 Å². The monoisotopic (exact) mass is 515 g/mol. The molecule has 1 unspecified atom stereocenters. The Morgan fingerprint density at radius 2 is 1.89 bits per heavy atom. The number of fused-ring (bicyclic) bond motifs is 2. The second kappa shape index (κ2) is 9.61. The van der Waals surface area contributed by atoms with Crippen LogP contribution in [0.5, 0.6) is 0 Å². The molecule has 3 aromatic carbocycles. The van der Waals surface area contributed by atoms with Crippen molar-refractivity contribution in [1.29, 1.82) is 0 Å². The van der Waals surface area contributed by atoms with Gasteiger partial charge in [-0.15, -0.1) is 5.16 Å². The molecule has 1 aromatic heterocycles. The van der Waals surface area contributed by atoms with Crippen molar-refractivity contribution in [3.8, 4) is 11.1 Å². The fourth-order valence-electron chi connectivity index (χ4n) is 4.78. The molecule has 0 spiro atoms. The summed E-state index contributed by atoms with van der Waals surface area (Å²) in [5.41, 5.74) is 7.06. The zero-order chi connectivity index (χ0) is 26.4. The molecular weight excluding hydrogens is 489 g/mol. The van der Waals surface area contributed by atoms with Crippen molar-refractivity contribution < 1.29 is 14.2 Å². The zero-order valence-electron chi connectivity index (χ0n) is 21.3. The molecule has 1 aliphatic rings. The van der Waals surface area contributed by atoms with Gasteiger partial charge in [0, 0.05) is 41.4 Å². The second-order valence-corrected chi connectivity index (χ2v) is 10.0. The molecule has 0 radical (unpaired) electrons. The van der Waals surface area contributed by atoms with E-state index in [0.717, 1.165) is 33.5 Å². The first-order valence-corrected chi connectivity index (χ1v) is 12.3. The van der Waals surface area contributed by atoms with Gasteiger partial charge in [-0.3, -0.25) is 4.79 Å². The maximum Gasteiger partial charge on any atom is 0.583 e. The maximum absolute atomic E-state index is 13.2. The molecule has 1 aliphatic heterocycles. The van der Waals surface area contributed by atoms with Crippen molar-refractivity contribution in [2.75, 3.05) is 24.3 Å². The highest BCUT2D eigenvalue weighted by Gasteiger charge is 2.26. The van der Waals surface area contributed by atoms with Crippen LogP contribution in [-0.2, 0) is 4.76 Å². The lowest BCUT2D eigenvalue weighted by Crippen LogP contribution is -2.37. The summed E-state index contributed by atoms with van der Waals surface area (Å²) in [5.74, 6) is 0.545. The third-order valence-corrected chi connectivity index (χ3v) is 6.84. The Labute approximate surface area is 220 Å². The Hall–Kier alpha value is -3.75. The van der Waals surface area contributed by atoms with Gasteiger partial charge in [-0.2, -0.15) is 0 Å². The number of nitrogens with one attached hydrogen (secondary N) is 1. The molecular formula is C28H27BClN3O4. The average Bonchev–Trinajstić information content (AvgIpc) is 2.86. The molecule has 0 fully saturated rings. The highest BCUT2D eigenvalue weighted by molar-refractivity contribution is 6.62. The van der Waals surface area contributed by atoms with E-state index in [0.29, 0.717) is 32.9 Å². The smallest absolute Gasteiger partial charge is 0.440 e. The predicted octanol–water partition coefficient (Wildman–Crippen LogP) is 5.02. The normalized spacial score (nSPS) is 13.3.